The molecule has 1 N–H and O–H groups in total. The first-order valence-corrected chi connectivity index (χ1v) is 4.76. The Balaban J connectivity index is 2.46. The van der Waals surface area contributed by atoms with Crippen molar-refractivity contribution in [1.82, 2.24) is 4.98 Å². The third-order valence-corrected chi connectivity index (χ3v) is 1.96. The highest BCUT2D eigenvalue weighted by Gasteiger charge is 2.12. The van der Waals surface area contributed by atoms with Gasteiger partial charge in [-0.2, -0.15) is 0 Å². The standard InChI is InChI=1S/C11H11NO4/c13-9(3-4-11(15)16)6-10(14)8-2-1-5-12-7-8/h1-2,5,7H,3-4,6H2,(H,15,16). The van der Waals surface area contributed by atoms with Crippen molar-refractivity contribution < 1.29 is 19.5 Å². The average molecular weight is 221 g/mol. The first-order chi connectivity index (χ1) is 7.59. The fourth-order valence-corrected chi connectivity index (χ4v) is 1.14. The first-order valence-electron chi connectivity index (χ1n) is 4.76. The molecule has 0 aliphatic rings. The molecule has 1 aromatic rings. The molecule has 5 heteroatoms. The molecule has 0 saturated carbocycles. The lowest BCUT2D eigenvalue weighted by atomic mass is 10.1. The highest BCUT2D eigenvalue weighted by molar-refractivity contribution is 6.08. The summed E-state index contributed by atoms with van der Waals surface area (Å²) < 4.78 is 0. The molecule has 0 aliphatic heterocycles. The van der Waals surface area contributed by atoms with Crippen molar-refractivity contribution in [3.8, 4) is 0 Å². The van der Waals surface area contributed by atoms with Gasteiger partial charge in [0.1, 0.15) is 5.78 Å². The van der Waals surface area contributed by atoms with Crippen molar-refractivity contribution >= 4 is 17.5 Å². The van der Waals surface area contributed by atoms with Crippen LogP contribution in [-0.4, -0.2) is 27.6 Å². The number of aliphatic carboxylic acids is 1. The second-order valence-electron chi connectivity index (χ2n) is 3.27. The van der Waals surface area contributed by atoms with Crippen molar-refractivity contribution in [3.63, 3.8) is 0 Å². The van der Waals surface area contributed by atoms with Crippen LogP contribution in [0.15, 0.2) is 24.5 Å². The molecule has 0 saturated heterocycles. The molecule has 16 heavy (non-hydrogen) atoms. The Morgan fingerprint density at radius 1 is 1.25 bits per heavy atom. The van der Waals surface area contributed by atoms with Gasteiger partial charge < -0.3 is 5.11 Å². The van der Waals surface area contributed by atoms with Gasteiger partial charge in [-0.15, -0.1) is 0 Å². The summed E-state index contributed by atoms with van der Waals surface area (Å²) in [4.78, 5) is 36.7. The summed E-state index contributed by atoms with van der Waals surface area (Å²) in [5.74, 6) is -1.73. The van der Waals surface area contributed by atoms with Gasteiger partial charge in [-0.25, -0.2) is 0 Å². The predicted octanol–water partition coefficient (Wildman–Crippen LogP) is 1.09. The van der Waals surface area contributed by atoms with E-state index in [1.54, 1.807) is 12.1 Å². The maximum Gasteiger partial charge on any atom is 0.303 e. The van der Waals surface area contributed by atoms with Crippen molar-refractivity contribution in [2.75, 3.05) is 0 Å². The highest BCUT2D eigenvalue weighted by atomic mass is 16.4. The predicted molar refractivity (Wildman–Crippen MR) is 55.1 cm³/mol. The average Bonchev–Trinajstić information content (AvgIpc) is 2.27. The number of carboxylic acid groups (broad SMARTS) is 1. The minimum atomic E-state index is -1.04. The maximum absolute atomic E-state index is 11.5. The smallest absolute Gasteiger partial charge is 0.303 e. The summed E-state index contributed by atoms with van der Waals surface area (Å²) >= 11 is 0. The van der Waals surface area contributed by atoms with Crippen LogP contribution < -0.4 is 0 Å². The van der Waals surface area contributed by atoms with E-state index in [0.29, 0.717) is 5.56 Å². The molecule has 0 unspecified atom stereocenters. The van der Waals surface area contributed by atoms with Gasteiger partial charge in [-0.3, -0.25) is 19.4 Å². The zero-order chi connectivity index (χ0) is 12.0. The quantitative estimate of drug-likeness (QED) is 0.574. The second-order valence-corrected chi connectivity index (χ2v) is 3.27. The minimum Gasteiger partial charge on any atom is -0.481 e. The summed E-state index contributed by atoms with van der Waals surface area (Å²) in [5.41, 5.74) is 0.367. The Morgan fingerprint density at radius 2 is 2.00 bits per heavy atom. The van der Waals surface area contributed by atoms with E-state index >= 15 is 0 Å². The molecule has 0 bridgehead atoms. The molecule has 0 atom stereocenters. The second kappa shape index (κ2) is 5.75. The van der Waals surface area contributed by atoms with Crippen LogP contribution in [-0.2, 0) is 9.59 Å². The number of ketones is 2. The van der Waals surface area contributed by atoms with Gasteiger partial charge >= 0.3 is 5.97 Å². The number of hydrogen-bond acceptors (Lipinski definition) is 4. The van der Waals surface area contributed by atoms with Gasteiger partial charge in [0, 0.05) is 24.4 Å². The lowest BCUT2D eigenvalue weighted by Gasteiger charge is -1.99. The topological polar surface area (TPSA) is 84.3 Å². The third-order valence-electron chi connectivity index (χ3n) is 1.96. The lowest BCUT2D eigenvalue weighted by molar-refractivity contribution is -0.138. The van der Waals surface area contributed by atoms with Crippen LogP contribution in [0.4, 0.5) is 0 Å². The van der Waals surface area contributed by atoms with Crippen molar-refractivity contribution in [3.05, 3.63) is 30.1 Å². The summed E-state index contributed by atoms with van der Waals surface area (Å²) in [5, 5.41) is 8.37. The van der Waals surface area contributed by atoms with E-state index in [2.05, 4.69) is 4.98 Å². The fourth-order valence-electron chi connectivity index (χ4n) is 1.14. The SMILES string of the molecule is O=C(O)CCC(=O)CC(=O)c1cccnc1. The Bertz CT molecular complexity index is 400. The summed E-state index contributed by atoms with van der Waals surface area (Å²) in [7, 11) is 0. The molecule has 0 amide bonds. The van der Waals surface area contributed by atoms with Gasteiger partial charge in [0.05, 0.1) is 12.8 Å². The number of rotatable bonds is 6. The Hall–Kier alpha value is -2.04. The summed E-state index contributed by atoms with van der Waals surface area (Å²) in [6, 6.07) is 3.18. The molecule has 1 aromatic heterocycles. The van der Waals surface area contributed by atoms with Gasteiger partial charge in [0.2, 0.25) is 0 Å². The molecule has 5 nitrogen and oxygen atoms in total. The van der Waals surface area contributed by atoms with E-state index in [-0.39, 0.29) is 30.8 Å². The molecule has 0 spiro atoms. The van der Waals surface area contributed by atoms with Crippen LogP contribution >= 0.6 is 0 Å². The summed E-state index contributed by atoms with van der Waals surface area (Å²) in [6.07, 6.45) is 2.30. The van der Waals surface area contributed by atoms with Gasteiger partial charge in [-0.1, -0.05) is 0 Å². The molecule has 84 valence electrons. The zero-order valence-electron chi connectivity index (χ0n) is 8.55. The normalized spacial score (nSPS) is 9.75. The van der Waals surface area contributed by atoms with Gasteiger partial charge in [0.25, 0.3) is 0 Å². The fraction of sp³-hybridized carbons (Fsp3) is 0.273. The largest absolute Gasteiger partial charge is 0.481 e. The number of carboxylic acids is 1. The minimum absolute atomic E-state index is 0.110. The number of Topliss-reactive ketones (excluding diaryl/α,β-unsaturated/α-hetero) is 2. The molecular weight excluding hydrogens is 210 g/mol. The zero-order valence-corrected chi connectivity index (χ0v) is 8.55. The molecular formula is C11H11NO4. The van der Waals surface area contributed by atoms with E-state index in [1.165, 1.54) is 12.4 Å². The van der Waals surface area contributed by atoms with E-state index in [4.69, 9.17) is 5.11 Å². The lowest BCUT2D eigenvalue weighted by Crippen LogP contribution is -2.10. The van der Waals surface area contributed by atoms with Crippen LogP contribution in [0.1, 0.15) is 29.6 Å². The van der Waals surface area contributed by atoms with Crippen LogP contribution in [0.25, 0.3) is 0 Å². The Labute approximate surface area is 92.1 Å². The van der Waals surface area contributed by atoms with Crippen molar-refractivity contribution in [2.45, 2.75) is 19.3 Å². The highest BCUT2D eigenvalue weighted by Crippen LogP contribution is 2.04. The maximum atomic E-state index is 11.5. The van der Waals surface area contributed by atoms with Gasteiger partial charge in [-0.05, 0) is 12.1 Å². The van der Waals surface area contributed by atoms with Crippen LogP contribution in [0.2, 0.25) is 0 Å². The van der Waals surface area contributed by atoms with Crippen LogP contribution in [0.3, 0.4) is 0 Å². The number of aromatic nitrogens is 1. The van der Waals surface area contributed by atoms with E-state index in [1.807, 2.05) is 0 Å². The molecule has 0 radical (unpaired) electrons. The number of nitrogens with zero attached hydrogens (tertiary/aromatic N) is 1. The molecule has 1 rings (SSSR count). The van der Waals surface area contributed by atoms with Crippen LogP contribution in [0, 0.1) is 0 Å². The van der Waals surface area contributed by atoms with Gasteiger partial charge in [0.15, 0.2) is 5.78 Å². The summed E-state index contributed by atoms with van der Waals surface area (Å²) in [6.45, 7) is 0. The monoisotopic (exact) mass is 221 g/mol. The van der Waals surface area contributed by atoms with E-state index in [9.17, 15) is 14.4 Å². The van der Waals surface area contributed by atoms with Crippen LogP contribution in [0.5, 0.6) is 0 Å². The van der Waals surface area contributed by atoms with E-state index < -0.39 is 5.97 Å². The number of pyridine rings is 1. The van der Waals surface area contributed by atoms with Crippen molar-refractivity contribution in [1.29, 1.82) is 0 Å². The molecule has 0 aliphatic carbocycles. The number of carbonyl (C=O) groups excluding carboxylic acids is 2. The molecule has 0 aromatic carbocycles. The number of carbonyl (C=O) groups is 3. The third kappa shape index (κ3) is 4.00. The number of hydrogen-bond donors (Lipinski definition) is 1. The molecule has 1 heterocycles. The molecule has 0 fully saturated rings. The Morgan fingerprint density at radius 3 is 2.56 bits per heavy atom. The first kappa shape index (κ1) is 12.0. The Kier molecular flexibility index (Phi) is 4.32. The van der Waals surface area contributed by atoms with E-state index in [0.717, 1.165) is 0 Å². The van der Waals surface area contributed by atoms with Crippen molar-refractivity contribution in [2.24, 2.45) is 0 Å².